The van der Waals surface area contributed by atoms with Gasteiger partial charge in [-0.1, -0.05) is 23.4 Å². The number of hydrogen-bond donors (Lipinski definition) is 1. The maximum atomic E-state index is 5.50. The molecule has 136 valence electrons. The molecule has 0 bridgehead atoms. The van der Waals surface area contributed by atoms with E-state index in [1.54, 1.807) is 11.3 Å². The Morgan fingerprint density at radius 3 is 2.89 bits per heavy atom. The van der Waals surface area contributed by atoms with Crippen LogP contribution in [-0.2, 0) is 7.05 Å². The Kier molecular flexibility index (Phi) is 4.09. The highest BCUT2D eigenvalue weighted by molar-refractivity contribution is 7.80. The van der Waals surface area contributed by atoms with Gasteiger partial charge in [0.15, 0.2) is 17.5 Å². The molecule has 5 rings (SSSR count). The van der Waals surface area contributed by atoms with Crippen molar-refractivity contribution in [3.8, 4) is 22.2 Å². The first-order chi connectivity index (χ1) is 13.2. The average molecular weight is 396 g/mol. The molecule has 1 atom stereocenters. The van der Waals surface area contributed by atoms with Crippen molar-refractivity contribution in [3.63, 3.8) is 0 Å². The normalized spacial score (nSPS) is 15.2. The minimum Gasteiger partial charge on any atom is -0.334 e. The molecule has 6 nitrogen and oxygen atoms in total. The van der Waals surface area contributed by atoms with Gasteiger partial charge in [-0.3, -0.25) is 0 Å². The van der Waals surface area contributed by atoms with E-state index < -0.39 is 5.25 Å². The molecule has 3 heterocycles. The summed E-state index contributed by atoms with van der Waals surface area (Å²) < 4.78 is 7.43. The summed E-state index contributed by atoms with van der Waals surface area (Å²) in [6.45, 7) is 0. The molecule has 27 heavy (non-hydrogen) atoms. The maximum absolute atomic E-state index is 5.50. The second-order valence-corrected chi connectivity index (χ2v) is 8.14. The first-order valence-corrected chi connectivity index (χ1v) is 10.2. The third-order valence-electron chi connectivity index (χ3n) is 4.76. The van der Waals surface area contributed by atoms with E-state index in [9.17, 15) is 0 Å². The Morgan fingerprint density at radius 1 is 1.22 bits per heavy atom. The van der Waals surface area contributed by atoms with Crippen molar-refractivity contribution in [2.45, 2.75) is 24.0 Å². The number of rotatable bonds is 5. The van der Waals surface area contributed by atoms with Crippen molar-refractivity contribution in [1.82, 2.24) is 24.9 Å². The van der Waals surface area contributed by atoms with Crippen LogP contribution in [0.3, 0.4) is 0 Å². The Bertz CT molecular complexity index is 1080. The fraction of sp³-hybridized carbons (Fsp3) is 0.263. The summed E-state index contributed by atoms with van der Waals surface area (Å²) in [6.07, 6.45) is 2.52. The van der Waals surface area contributed by atoms with Gasteiger partial charge in [0.1, 0.15) is 5.25 Å². The van der Waals surface area contributed by atoms with Crippen LogP contribution < -0.4 is 0 Å². The zero-order valence-corrected chi connectivity index (χ0v) is 16.3. The molecule has 0 aliphatic heterocycles. The quantitative estimate of drug-likeness (QED) is 0.504. The molecular formula is C19H17N5OS2. The highest BCUT2D eigenvalue weighted by atomic mass is 32.1. The van der Waals surface area contributed by atoms with Gasteiger partial charge in [0, 0.05) is 12.6 Å². The van der Waals surface area contributed by atoms with Crippen LogP contribution >= 0.6 is 24.0 Å². The molecule has 1 saturated carbocycles. The average Bonchev–Trinajstić information content (AvgIpc) is 3.09. The summed E-state index contributed by atoms with van der Waals surface area (Å²) >= 11 is 6.30. The standard InChI is InChI=1S/C19H17N5OS2/c1-24-17(14-6-3-9-27-14)21-22-18(24)15(26)16-20-19(25-23-16)13-5-2-4-12(10-13)11-7-8-11/h2-6,9-11,15,26H,7-8H2,1H3. The highest BCUT2D eigenvalue weighted by Crippen LogP contribution is 2.41. The lowest BCUT2D eigenvalue weighted by Gasteiger charge is -2.06. The van der Waals surface area contributed by atoms with Crippen molar-refractivity contribution < 1.29 is 4.52 Å². The largest absolute Gasteiger partial charge is 0.334 e. The molecule has 0 N–H and O–H groups in total. The van der Waals surface area contributed by atoms with E-state index in [2.05, 4.69) is 45.1 Å². The third kappa shape index (κ3) is 3.08. The maximum Gasteiger partial charge on any atom is 0.257 e. The molecule has 1 fully saturated rings. The highest BCUT2D eigenvalue weighted by Gasteiger charge is 2.26. The summed E-state index contributed by atoms with van der Waals surface area (Å²) in [5.74, 6) is 3.16. The third-order valence-corrected chi connectivity index (χ3v) is 6.09. The second-order valence-electron chi connectivity index (χ2n) is 6.68. The monoisotopic (exact) mass is 395 g/mol. The van der Waals surface area contributed by atoms with Gasteiger partial charge in [-0.2, -0.15) is 17.6 Å². The lowest BCUT2D eigenvalue weighted by atomic mass is 10.1. The number of thiophene rings is 1. The van der Waals surface area contributed by atoms with Crippen LogP contribution in [0, 0.1) is 0 Å². The van der Waals surface area contributed by atoms with Gasteiger partial charge in [0.05, 0.1) is 4.88 Å². The summed E-state index contributed by atoms with van der Waals surface area (Å²) in [5, 5.41) is 14.3. The lowest BCUT2D eigenvalue weighted by Crippen LogP contribution is -2.05. The van der Waals surface area contributed by atoms with E-state index in [-0.39, 0.29) is 0 Å². The fourth-order valence-corrected chi connectivity index (χ4v) is 4.19. The predicted molar refractivity (Wildman–Crippen MR) is 107 cm³/mol. The van der Waals surface area contributed by atoms with Crippen LogP contribution in [0.2, 0.25) is 0 Å². The number of nitrogens with zero attached hydrogens (tertiary/aromatic N) is 5. The van der Waals surface area contributed by atoms with Crippen molar-refractivity contribution in [1.29, 1.82) is 0 Å². The van der Waals surface area contributed by atoms with Gasteiger partial charge in [-0.05, 0) is 47.9 Å². The number of benzene rings is 1. The number of hydrogen-bond acceptors (Lipinski definition) is 7. The molecule has 0 amide bonds. The van der Waals surface area contributed by atoms with Crippen LogP contribution in [-0.4, -0.2) is 24.9 Å². The van der Waals surface area contributed by atoms with Crippen molar-refractivity contribution in [2.24, 2.45) is 7.05 Å². The molecule has 1 aromatic carbocycles. The molecule has 3 aromatic heterocycles. The minimum atomic E-state index is -0.416. The molecule has 1 unspecified atom stereocenters. The smallest absolute Gasteiger partial charge is 0.257 e. The summed E-state index contributed by atoms with van der Waals surface area (Å²) in [7, 11) is 1.92. The molecule has 1 aliphatic carbocycles. The van der Waals surface area contributed by atoms with Crippen LogP contribution in [0.5, 0.6) is 0 Å². The molecule has 0 radical (unpaired) electrons. The van der Waals surface area contributed by atoms with E-state index in [1.165, 1.54) is 18.4 Å². The van der Waals surface area contributed by atoms with Crippen molar-refractivity contribution >= 4 is 24.0 Å². The van der Waals surface area contributed by atoms with E-state index >= 15 is 0 Å². The number of aromatic nitrogens is 5. The molecule has 4 aromatic rings. The predicted octanol–water partition coefficient (Wildman–Crippen LogP) is 4.49. The van der Waals surface area contributed by atoms with Crippen LogP contribution in [0.4, 0.5) is 0 Å². The van der Waals surface area contributed by atoms with Crippen LogP contribution in [0.1, 0.15) is 41.2 Å². The van der Waals surface area contributed by atoms with Gasteiger partial charge < -0.3 is 9.09 Å². The number of thiol groups is 1. The molecule has 1 aliphatic rings. The SMILES string of the molecule is Cn1c(-c2cccs2)nnc1C(S)c1noc(-c2cccc(C3CC3)c2)n1. The summed E-state index contributed by atoms with van der Waals surface area (Å²) in [6, 6.07) is 12.3. The molecular weight excluding hydrogens is 378 g/mol. The van der Waals surface area contributed by atoms with Gasteiger partial charge in [-0.15, -0.1) is 21.5 Å². The van der Waals surface area contributed by atoms with Gasteiger partial charge >= 0.3 is 0 Å². The Labute approximate surface area is 165 Å². The minimum absolute atomic E-state index is 0.416. The molecule has 0 saturated heterocycles. The fourth-order valence-electron chi connectivity index (χ4n) is 3.12. The Hall–Kier alpha value is -2.45. The van der Waals surface area contributed by atoms with Crippen molar-refractivity contribution in [2.75, 3.05) is 0 Å². The van der Waals surface area contributed by atoms with Gasteiger partial charge in [0.25, 0.3) is 5.89 Å². The first kappa shape index (κ1) is 16.7. The lowest BCUT2D eigenvalue weighted by molar-refractivity contribution is 0.423. The van der Waals surface area contributed by atoms with E-state index in [1.807, 2.05) is 41.3 Å². The van der Waals surface area contributed by atoms with Gasteiger partial charge in [-0.25, -0.2) is 0 Å². The Balaban J connectivity index is 1.44. The topological polar surface area (TPSA) is 69.6 Å². The zero-order valence-electron chi connectivity index (χ0n) is 14.6. The van der Waals surface area contributed by atoms with E-state index in [0.29, 0.717) is 23.5 Å². The van der Waals surface area contributed by atoms with Gasteiger partial charge in [0.2, 0.25) is 0 Å². The second kappa shape index (κ2) is 6.61. The van der Waals surface area contributed by atoms with E-state index in [0.717, 1.165) is 16.3 Å². The van der Waals surface area contributed by atoms with Crippen molar-refractivity contribution in [3.05, 3.63) is 59.0 Å². The zero-order chi connectivity index (χ0) is 18.4. The molecule has 8 heteroatoms. The van der Waals surface area contributed by atoms with E-state index in [4.69, 9.17) is 4.52 Å². The van der Waals surface area contributed by atoms with Crippen LogP contribution in [0.15, 0.2) is 46.3 Å². The summed E-state index contributed by atoms with van der Waals surface area (Å²) in [4.78, 5) is 5.62. The molecule has 0 spiro atoms. The Morgan fingerprint density at radius 2 is 2.11 bits per heavy atom. The van der Waals surface area contributed by atoms with Crippen LogP contribution in [0.25, 0.3) is 22.2 Å². The summed E-state index contributed by atoms with van der Waals surface area (Å²) in [5.41, 5.74) is 2.28. The first-order valence-electron chi connectivity index (χ1n) is 8.76.